The maximum Gasteiger partial charge on any atom is 0.312 e. The molecule has 1 aliphatic carbocycles. The highest BCUT2D eigenvalue weighted by Crippen LogP contribution is 2.41. The molecule has 0 bridgehead atoms. The number of hydrogen-bond donors (Lipinski definition) is 2. The quantitative estimate of drug-likeness (QED) is 0.671. The molecule has 0 radical (unpaired) electrons. The summed E-state index contributed by atoms with van der Waals surface area (Å²) in [6, 6.07) is 5.35. The molecule has 138 valence electrons. The molecule has 6 heteroatoms. The van der Waals surface area contributed by atoms with Gasteiger partial charge in [0.1, 0.15) is 5.82 Å². The maximum absolute atomic E-state index is 13.0. The van der Waals surface area contributed by atoms with E-state index >= 15 is 0 Å². The lowest BCUT2D eigenvalue weighted by atomic mass is 9.81. The van der Waals surface area contributed by atoms with Crippen molar-refractivity contribution in [3.63, 3.8) is 0 Å². The summed E-state index contributed by atoms with van der Waals surface area (Å²) < 4.78 is 18.4. The molecule has 0 heterocycles. The number of carboxylic acid groups (broad SMARTS) is 1. The zero-order chi connectivity index (χ0) is 18.3. The van der Waals surface area contributed by atoms with Gasteiger partial charge in [-0.05, 0) is 43.9 Å². The number of ether oxygens (including phenoxy) is 1. The zero-order valence-corrected chi connectivity index (χ0v) is 14.6. The highest BCUT2D eigenvalue weighted by molar-refractivity contribution is 5.84. The second-order valence-corrected chi connectivity index (χ2v) is 6.59. The summed E-state index contributed by atoms with van der Waals surface area (Å²) in [5, 5.41) is 12.3. The molecule has 1 aromatic carbocycles. The smallest absolute Gasteiger partial charge is 0.312 e. The van der Waals surface area contributed by atoms with E-state index in [1.807, 2.05) is 6.92 Å². The van der Waals surface area contributed by atoms with E-state index in [1.165, 1.54) is 24.3 Å². The van der Waals surface area contributed by atoms with Crippen LogP contribution in [0.25, 0.3) is 0 Å². The Labute approximate surface area is 147 Å². The number of amides is 1. The van der Waals surface area contributed by atoms with Crippen LogP contribution in [0.4, 0.5) is 4.39 Å². The number of carbonyl (C=O) groups is 2. The minimum atomic E-state index is -1.04. The molecule has 5 nitrogen and oxygen atoms in total. The second kappa shape index (κ2) is 8.94. The van der Waals surface area contributed by atoms with Gasteiger partial charge in [-0.25, -0.2) is 4.39 Å². The Morgan fingerprint density at radius 1 is 1.28 bits per heavy atom. The summed E-state index contributed by atoms with van der Waals surface area (Å²) in [6.45, 7) is 3.06. The molecule has 1 aromatic rings. The van der Waals surface area contributed by atoms with E-state index in [9.17, 15) is 19.1 Å². The summed E-state index contributed by atoms with van der Waals surface area (Å²) in [4.78, 5) is 24.3. The fourth-order valence-corrected chi connectivity index (χ4v) is 3.48. The first-order valence-electron chi connectivity index (χ1n) is 8.83. The third-order valence-electron chi connectivity index (χ3n) is 5.01. The van der Waals surface area contributed by atoms with Gasteiger partial charge in [-0.15, -0.1) is 0 Å². The van der Waals surface area contributed by atoms with E-state index in [2.05, 4.69) is 5.32 Å². The van der Waals surface area contributed by atoms with Crippen LogP contribution in [-0.2, 0) is 14.3 Å². The van der Waals surface area contributed by atoms with Gasteiger partial charge in [0.15, 0.2) is 0 Å². The molecule has 0 spiro atoms. The zero-order valence-electron chi connectivity index (χ0n) is 14.6. The van der Waals surface area contributed by atoms with Gasteiger partial charge < -0.3 is 15.2 Å². The summed E-state index contributed by atoms with van der Waals surface area (Å²) in [7, 11) is 0. The number of hydrogen-bond acceptors (Lipinski definition) is 3. The molecular weight excluding hydrogens is 325 g/mol. The first-order chi connectivity index (χ1) is 12.0. The number of carboxylic acids is 1. The molecule has 0 aromatic heterocycles. The standard InChI is InChI=1S/C19H26FNO4/c1-2-25-12-11-19(9-3-4-10-19)18(24)21-13-16(17(22)23)14-5-7-15(20)8-6-14/h5-8,16H,2-4,9-13H2,1H3,(H,21,24)(H,22,23). The lowest BCUT2D eigenvalue weighted by Crippen LogP contribution is -2.42. The monoisotopic (exact) mass is 351 g/mol. The molecule has 1 aliphatic rings. The molecule has 1 atom stereocenters. The Morgan fingerprint density at radius 2 is 1.92 bits per heavy atom. The molecule has 1 fully saturated rings. The largest absolute Gasteiger partial charge is 0.481 e. The van der Waals surface area contributed by atoms with Crippen LogP contribution < -0.4 is 5.32 Å². The lowest BCUT2D eigenvalue weighted by Gasteiger charge is -2.28. The third kappa shape index (κ3) is 5.01. The summed E-state index contributed by atoms with van der Waals surface area (Å²) in [5.74, 6) is -2.45. The van der Waals surface area contributed by atoms with Gasteiger partial charge in [0.05, 0.1) is 11.3 Å². The summed E-state index contributed by atoms with van der Waals surface area (Å²) >= 11 is 0. The first-order valence-corrected chi connectivity index (χ1v) is 8.83. The number of rotatable bonds is 9. The van der Waals surface area contributed by atoms with Crippen LogP contribution in [0.5, 0.6) is 0 Å². The highest BCUT2D eigenvalue weighted by atomic mass is 19.1. The fourth-order valence-electron chi connectivity index (χ4n) is 3.48. The molecule has 0 aliphatic heterocycles. The van der Waals surface area contributed by atoms with E-state index in [1.54, 1.807) is 0 Å². The van der Waals surface area contributed by atoms with Crippen molar-refractivity contribution in [2.75, 3.05) is 19.8 Å². The number of nitrogens with one attached hydrogen (secondary N) is 1. The van der Waals surface area contributed by atoms with Crippen LogP contribution in [0.3, 0.4) is 0 Å². The molecule has 1 amide bonds. The number of benzene rings is 1. The van der Waals surface area contributed by atoms with Gasteiger partial charge >= 0.3 is 5.97 Å². The fraction of sp³-hybridized carbons (Fsp3) is 0.579. The predicted molar refractivity (Wildman–Crippen MR) is 91.8 cm³/mol. The molecule has 25 heavy (non-hydrogen) atoms. The van der Waals surface area contributed by atoms with Crippen LogP contribution in [0, 0.1) is 11.2 Å². The van der Waals surface area contributed by atoms with Crippen molar-refractivity contribution in [3.05, 3.63) is 35.6 Å². The van der Waals surface area contributed by atoms with Crippen molar-refractivity contribution in [2.45, 2.75) is 44.9 Å². The summed E-state index contributed by atoms with van der Waals surface area (Å²) in [6.07, 6.45) is 4.26. The van der Waals surface area contributed by atoms with Gasteiger partial charge in [0.2, 0.25) is 5.91 Å². The van der Waals surface area contributed by atoms with E-state index in [-0.39, 0.29) is 12.5 Å². The molecule has 2 N–H and O–H groups in total. The molecule has 1 saturated carbocycles. The number of aliphatic carboxylic acids is 1. The van der Waals surface area contributed by atoms with Gasteiger partial charge in [-0.3, -0.25) is 9.59 Å². The van der Waals surface area contributed by atoms with Crippen molar-refractivity contribution in [2.24, 2.45) is 5.41 Å². The van der Waals surface area contributed by atoms with Crippen LogP contribution >= 0.6 is 0 Å². The number of carbonyl (C=O) groups excluding carboxylic acids is 1. The minimum absolute atomic E-state index is 0.00379. The first kappa shape index (κ1) is 19.4. The molecular formula is C19H26FNO4. The van der Waals surface area contributed by atoms with Crippen molar-refractivity contribution in [3.8, 4) is 0 Å². The molecule has 2 rings (SSSR count). The second-order valence-electron chi connectivity index (χ2n) is 6.59. The van der Waals surface area contributed by atoms with Crippen molar-refractivity contribution in [1.29, 1.82) is 0 Å². The normalized spacial score (nSPS) is 17.2. The van der Waals surface area contributed by atoms with Crippen molar-refractivity contribution < 1.29 is 23.8 Å². The predicted octanol–water partition coefficient (Wildman–Crippen LogP) is 3.10. The van der Waals surface area contributed by atoms with Gasteiger partial charge in [-0.1, -0.05) is 25.0 Å². The lowest BCUT2D eigenvalue weighted by molar-refractivity contribution is -0.139. The molecule has 1 unspecified atom stereocenters. The van der Waals surface area contributed by atoms with E-state index < -0.39 is 23.1 Å². The maximum atomic E-state index is 13.0. The Morgan fingerprint density at radius 3 is 2.48 bits per heavy atom. The van der Waals surface area contributed by atoms with Gasteiger partial charge in [0, 0.05) is 19.8 Å². The minimum Gasteiger partial charge on any atom is -0.481 e. The molecule has 0 saturated heterocycles. The van der Waals surface area contributed by atoms with Crippen LogP contribution in [0.2, 0.25) is 0 Å². The Balaban J connectivity index is 2.01. The Kier molecular flexibility index (Phi) is 6.93. The van der Waals surface area contributed by atoms with E-state index in [4.69, 9.17) is 4.74 Å². The SMILES string of the molecule is CCOCCC1(C(=O)NCC(C(=O)O)c2ccc(F)cc2)CCCC1. The van der Waals surface area contributed by atoms with Crippen molar-refractivity contribution >= 4 is 11.9 Å². The Bertz CT molecular complexity index is 582. The van der Waals surface area contributed by atoms with Gasteiger partial charge in [-0.2, -0.15) is 0 Å². The average Bonchev–Trinajstić information content (AvgIpc) is 3.06. The van der Waals surface area contributed by atoms with Crippen LogP contribution in [0.1, 0.15) is 50.5 Å². The van der Waals surface area contributed by atoms with E-state index in [0.717, 1.165) is 25.7 Å². The van der Waals surface area contributed by atoms with Crippen molar-refractivity contribution in [1.82, 2.24) is 5.32 Å². The van der Waals surface area contributed by atoms with E-state index in [0.29, 0.717) is 25.2 Å². The topological polar surface area (TPSA) is 75.6 Å². The number of halogens is 1. The van der Waals surface area contributed by atoms with Crippen LogP contribution in [-0.4, -0.2) is 36.7 Å². The average molecular weight is 351 g/mol. The van der Waals surface area contributed by atoms with Gasteiger partial charge in [0.25, 0.3) is 0 Å². The third-order valence-corrected chi connectivity index (χ3v) is 5.01. The Hall–Kier alpha value is -1.95. The summed E-state index contributed by atoms with van der Waals surface area (Å²) in [5.41, 5.74) is 0.0186. The van der Waals surface area contributed by atoms with Crippen LogP contribution in [0.15, 0.2) is 24.3 Å². The highest BCUT2D eigenvalue weighted by Gasteiger charge is 2.40.